The predicted octanol–water partition coefficient (Wildman–Crippen LogP) is 2.79. The molecule has 1 amide bonds. The summed E-state index contributed by atoms with van der Waals surface area (Å²) in [6.45, 7) is 0.441. The summed E-state index contributed by atoms with van der Waals surface area (Å²) in [5, 5.41) is 2.77. The molecular formula is C21H23FN2O5S. The van der Waals surface area contributed by atoms with E-state index in [2.05, 4.69) is 10.1 Å². The van der Waals surface area contributed by atoms with Gasteiger partial charge in [0.2, 0.25) is 15.9 Å². The van der Waals surface area contributed by atoms with Crippen LogP contribution in [0.1, 0.15) is 28.8 Å². The average molecular weight is 434 g/mol. The molecule has 3 rings (SSSR count). The molecule has 1 heterocycles. The molecule has 0 bridgehead atoms. The molecule has 0 unspecified atom stereocenters. The highest BCUT2D eigenvalue weighted by Gasteiger charge is 2.32. The van der Waals surface area contributed by atoms with Gasteiger partial charge in [-0.2, -0.15) is 0 Å². The lowest BCUT2D eigenvalue weighted by Crippen LogP contribution is -2.44. The number of nitrogens with one attached hydrogen (secondary N) is 1. The molecule has 1 aliphatic rings. The van der Waals surface area contributed by atoms with Crippen molar-refractivity contribution in [2.75, 3.05) is 25.5 Å². The number of carbonyl (C=O) groups excluding carboxylic acids is 2. The second-order valence-corrected chi connectivity index (χ2v) is 9.11. The Morgan fingerprint density at radius 1 is 1.13 bits per heavy atom. The lowest BCUT2D eigenvalue weighted by Gasteiger charge is -2.31. The number of ether oxygens (including phenoxy) is 1. The number of esters is 1. The van der Waals surface area contributed by atoms with Crippen molar-refractivity contribution in [2.45, 2.75) is 18.6 Å². The maximum atomic E-state index is 13.0. The molecule has 2 aromatic rings. The SMILES string of the molecule is COC(=O)c1ccc(NC(=O)[C@@H]2CCCN(S(=O)(=O)Cc3ccc(F)cc3)C2)cc1. The second kappa shape index (κ2) is 9.36. The summed E-state index contributed by atoms with van der Waals surface area (Å²) < 4.78 is 44.5. The Labute approximate surface area is 174 Å². The summed E-state index contributed by atoms with van der Waals surface area (Å²) in [4.78, 5) is 24.1. The highest BCUT2D eigenvalue weighted by atomic mass is 32.2. The van der Waals surface area contributed by atoms with Crippen LogP contribution >= 0.6 is 0 Å². The fraction of sp³-hybridized carbons (Fsp3) is 0.333. The third kappa shape index (κ3) is 5.43. The Morgan fingerprint density at radius 3 is 2.43 bits per heavy atom. The van der Waals surface area contributed by atoms with Crippen molar-refractivity contribution >= 4 is 27.6 Å². The Balaban J connectivity index is 1.62. The zero-order valence-electron chi connectivity index (χ0n) is 16.5. The smallest absolute Gasteiger partial charge is 0.337 e. The molecule has 1 saturated heterocycles. The van der Waals surface area contributed by atoms with Crippen LogP contribution in [0.25, 0.3) is 0 Å². The lowest BCUT2D eigenvalue weighted by atomic mass is 9.98. The first kappa shape index (κ1) is 21.9. The highest BCUT2D eigenvalue weighted by molar-refractivity contribution is 7.88. The molecule has 0 saturated carbocycles. The van der Waals surface area contributed by atoms with Crippen LogP contribution in [0.15, 0.2) is 48.5 Å². The van der Waals surface area contributed by atoms with Crippen molar-refractivity contribution < 1.29 is 27.1 Å². The van der Waals surface area contributed by atoms with Gasteiger partial charge in [0.25, 0.3) is 0 Å². The van der Waals surface area contributed by atoms with Crippen molar-refractivity contribution in [3.8, 4) is 0 Å². The molecule has 30 heavy (non-hydrogen) atoms. The largest absolute Gasteiger partial charge is 0.465 e. The number of hydrogen-bond donors (Lipinski definition) is 1. The second-order valence-electron chi connectivity index (χ2n) is 7.14. The maximum absolute atomic E-state index is 13.0. The van der Waals surface area contributed by atoms with Gasteiger partial charge < -0.3 is 10.1 Å². The molecule has 1 atom stereocenters. The monoisotopic (exact) mass is 434 g/mol. The molecule has 0 aliphatic carbocycles. The van der Waals surface area contributed by atoms with Crippen molar-refractivity contribution in [1.82, 2.24) is 4.31 Å². The van der Waals surface area contributed by atoms with Crippen LogP contribution < -0.4 is 5.32 Å². The third-order valence-electron chi connectivity index (χ3n) is 4.98. The van der Waals surface area contributed by atoms with Crippen LogP contribution in [0.3, 0.4) is 0 Å². The summed E-state index contributed by atoms with van der Waals surface area (Å²) in [7, 11) is -2.34. The van der Waals surface area contributed by atoms with Gasteiger partial charge in [-0.05, 0) is 54.8 Å². The molecule has 160 valence electrons. The van der Waals surface area contributed by atoms with Crippen molar-refractivity contribution in [3.63, 3.8) is 0 Å². The normalized spacial score (nSPS) is 17.3. The maximum Gasteiger partial charge on any atom is 0.337 e. The molecule has 9 heteroatoms. The summed E-state index contributed by atoms with van der Waals surface area (Å²) in [6, 6.07) is 11.6. The van der Waals surface area contributed by atoms with Crippen molar-refractivity contribution in [3.05, 3.63) is 65.5 Å². The standard InChI is InChI=1S/C21H23FN2O5S/c1-29-21(26)16-6-10-19(11-7-16)23-20(25)17-3-2-12-24(13-17)30(27,28)14-15-4-8-18(22)9-5-15/h4-11,17H,2-3,12-14H2,1H3,(H,23,25)/t17-/m1/s1. The van der Waals surface area contributed by atoms with Gasteiger partial charge in [-0.3, -0.25) is 4.79 Å². The number of carbonyl (C=O) groups is 2. The zero-order chi connectivity index (χ0) is 21.7. The first-order chi connectivity index (χ1) is 14.3. The van der Waals surface area contributed by atoms with Crippen LogP contribution in [0.2, 0.25) is 0 Å². The molecule has 1 N–H and O–H groups in total. The molecule has 0 radical (unpaired) electrons. The van der Waals surface area contributed by atoms with E-state index >= 15 is 0 Å². The van der Waals surface area contributed by atoms with Crippen LogP contribution in [0.4, 0.5) is 10.1 Å². The van der Waals surface area contributed by atoms with Crippen molar-refractivity contribution in [2.24, 2.45) is 5.92 Å². The van der Waals surface area contributed by atoms with E-state index in [1.54, 1.807) is 24.3 Å². The van der Waals surface area contributed by atoms with Crippen LogP contribution in [-0.2, 0) is 25.3 Å². The number of sulfonamides is 1. The van der Waals surface area contributed by atoms with E-state index in [-0.39, 0.29) is 18.2 Å². The quantitative estimate of drug-likeness (QED) is 0.706. The minimum atomic E-state index is -3.63. The number of amides is 1. The number of halogens is 1. The summed E-state index contributed by atoms with van der Waals surface area (Å²) in [5.74, 6) is -1.89. The minimum absolute atomic E-state index is 0.0929. The van der Waals surface area contributed by atoms with Crippen molar-refractivity contribution in [1.29, 1.82) is 0 Å². The van der Waals surface area contributed by atoms with E-state index < -0.39 is 27.7 Å². The van der Waals surface area contributed by atoms with Crippen LogP contribution in [-0.4, -0.2) is 44.8 Å². The number of nitrogens with zero attached hydrogens (tertiary/aromatic N) is 1. The van der Waals surface area contributed by atoms with Gasteiger partial charge in [0, 0.05) is 18.8 Å². The van der Waals surface area contributed by atoms with E-state index in [1.165, 1.54) is 35.7 Å². The summed E-state index contributed by atoms with van der Waals surface area (Å²) in [6.07, 6.45) is 1.15. The molecule has 2 aromatic carbocycles. The average Bonchev–Trinajstić information content (AvgIpc) is 2.75. The predicted molar refractivity (Wildman–Crippen MR) is 110 cm³/mol. The number of benzene rings is 2. The number of rotatable bonds is 6. The molecular weight excluding hydrogens is 411 g/mol. The van der Waals surface area contributed by atoms with Crippen LogP contribution in [0.5, 0.6) is 0 Å². The molecule has 0 spiro atoms. The Morgan fingerprint density at radius 2 is 1.80 bits per heavy atom. The van der Waals surface area contributed by atoms with E-state index in [0.717, 1.165) is 0 Å². The Kier molecular flexibility index (Phi) is 6.84. The Bertz CT molecular complexity index is 1010. The minimum Gasteiger partial charge on any atom is -0.465 e. The first-order valence-corrected chi connectivity index (χ1v) is 11.1. The van der Waals surface area contributed by atoms with Gasteiger partial charge in [-0.1, -0.05) is 12.1 Å². The first-order valence-electron chi connectivity index (χ1n) is 9.50. The molecule has 7 nitrogen and oxygen atoms in total. The Hall–Kier alpha value is -2.78. The van der Waals surface area contributed by atoms with Crippen LogP contribution in [0, 0.1) is 11.7 Å². The third-order valence-corrected chi connectivity index (χ3v) is 6.80. The highest BCUT2D eigenvalue weighted by Crippen LogP contribution is 2.23. The fourth-order valence-electron chi connectivity index (χ4n) is 3.34. The topological polar surface area (TPSA) is 92.8 Å². The lowest BCUT2D eigenvalue weighted by molar-refractivity contribution is -0.120. The zero-order valence-corrected chi connectivity index (χ0v) is 17.3. The van der Waals surface area contributed by atoms with Gasteiger partial charge >= 0.3 is 5.97 Å². The van der Waals surface area contributed by atoms with Gasteiger partial charge in [-0.15, -0.1) is 0 Å². The van der Waals surface area contributed by atoms with E-state index in [9.17, 15) is 22.4 Å². The molecule has 0 aromatic heterocycles. The number of anilines is 1. The molecule has 1 aliphatic heterocycles. The van der Waals surface area contributed by atoms with E-state index in [4.69, 9.17) is 0 Å². The number of piperidine rings is 1. The van der Waals surface area contributed by atoms with Gasteiger partial charge in [0.15, 0.2) is 0 Å². The van der Waals surface area contributed by atoms with E-state index in [0.29, 0.717) is 36.2 Å². The molecule has 1 fully saturated rings. The van der Waals surface area contributed by atoms with Gasteiger partial charge in [-0.25, -0.2) is 21.9 Å². The van der Waals surface area contributed by atoms with Gasteiger partial charge in [0.1, 0.15) is 5.82 Å². The van der Waals surface area contributed by atoms with E-state index in [1.807, 2.05) is 0 Å². The number of hydrogen-bond acceptors (Lipinski definition) is 5. The summed E-state index contributed by atoms with van der Waals surface area (Å²) in [5.41, 5.74) is 1.37. The van der Waals surface area contributed by atoms with Gasteiger partial charge in [0.05, 0.1) is 24.3 Å². The fourth-order valence-corrected chi connectivity index (χ4v) is 4.95. The summed E-state index contributed by atoms with van der Waals surface area (Å²) >= 11 is 0. The number of methoxy groups -OCH3 is 1.